The Kier molecular flexibility index (Phi) is 11.9. The van der Waals surface area contributed by atoms with Crippen LogP contribution in [0.2, 0.25) is 0 Å². The molecule has 0 aliphatic heterocycles. The number of ether oxygens (including phenoxy) is 2. The second kappa shape index (κ2) is 14.2. The summed E-state index contributed by atoms with van der Waals surface area (Å²) in [5.74, 6) is -1.64. The van der Waals surface area contributed by atoms with E-state index in [4.69, 9.17) is 9.47 Å². The summed E-state index contributed by atoms with van der Waals surface area (Å²) in [6.45, 7) is 6.81. The summed E-state index contributed by atoms with van der Waals surface area (Å²) in [5.41, 5.74) is -3.39. The summed E-state index contributed by atoms with van der Waals surface area (Å²) in [7, 11) is 0. The number of alkyl halides is 6. The molecule has 0 bridgehead atoms. The number of carbonyl (C=O) groups is 2. The van der Waals surface area contributed by atoms with Crippen LogP contribution in [0.15, 0.2) is 70.6 Å². The molecule has 0 spiro atoms. The molecule has 2 aromatic carbocycles. The summed E-state index contributed by atoms with van der Waals surface area (Å²) in [4.78, 5) is 27.9. The molecule has 0 N–H and O–H groups in total. The molecular weight excluding hydrogens is 660 g/mol. The van der Waals surface area contributed by atoms with E-state index < -0.39 is 70.7 Å². The van der Waals surface area contributed by atoms with Gasteiger partial charge in [0, 0.05) is 0 Å². The molecule has 2 rings (SSSR count). The van der Waals surface area contributed by atoms with Crippen LogP contribution in [0.4, 0.5) is 26.3 Å². The first-order chi connectivity index (χ1) is 18.3. The van der Waals surface area contributed by atoms with Crippen molar-refractivity contribution in [2.75, 3.05) is 13.2 Å². The van der Waals surface area contributed by atoms with Crippen molar-refractivity contribution in [3.63, 3.8) is 0 Å². The second-order valence-corrected chi connectivity index (χ2v) is 12.5. The van der Waals surface area contributed by atoms with Gasteiger partial charge in [-0.15, -0.1) is 0 Å². The van der Waals surface area contributed by atoms with E-state index in [1.54, 1.807) is 18.8 Å². The van der Waals surface area contributed by atoms with Crippen molar-refractivity contribution < 1.29 is 45.4 Å². The van der Waals surface area contributed by atoms with Crippen LogP contribution < -0.4 is 8.92 Å². The monoisotopic (exact) mass is 688 g/mol. The summed E-state index contributed by atoms with van der Waals surface area (Å²) >= 11 is -1.15. The Bertz CT molecular complexity index is 1140. The summed E-state index contributed by atoms with van der Waals surface area (Å²) in [6.07, 6.45) is -7.87. The standard InChI is InChI=1S/C27H26F6O4Se2/c1-4-15-25(23(34)36-5-2,24(35)37-6-3)16-22(39-21-13-9-19(10-14-21)27(31,32)33)17-38-20-11-7-18(8-12-20)26(28,29)30/h4,7-14,17H,1,5-6,15-16H2,2-3H3/b22-17-. The van der Waals surface area contributed by atoms with Crippen molar-refractivity contribution in [3.05, 3.63) is 81.8 Å². The van der Waals surface area contributed by atoms with Crippen molar-refractivity contribution in [3.8, 4) is 0 Å². The minimum absolute atomic E-state index is 0.00425. The first kappa shape index (κ1) is 32.7. The van der Waals surface area contributed by atoms with Crippen LogP contribution in [0, 0.1) is 5.41 Å². The van der Waals surface area contributed by atoms with E-state index >= 15 is 0 Å². The SMILES string of the molecule is C=CCC(C/C(=C/[Se]c1ccc(C(F)(F)F)cc1)[Se]c1ccc(C(F)(F)F)cc1)(C(=O)OCC)C(=O)OCC. The van der Waals surface area contributed by atoms with Gasteiger partial charge in [0.1, 0.15) is 0 Å². The Hall–Kier alpha value is -2.52. The summed E-state index contributed by atoms with van der Waals surface area (Å²) in [6, 6.07) is 9.16. The van der Waals surface area contributed by atoms with E-state index in [1.807, 2.05) is 0 Å². The minimum atomic E-state index is -4.51. The van der Waals surface area contributed by atoms with Crippen molar-refractivity contribution >= 4 is 50.8 Å². The first-order valence-electron chi connectivity index (χ1n) is 11.6. The molecule has 0 atom stereocenters. The number of hydrogen-bond acceptors (Lipinski definition) is 4. The third-order valence-electron chi connectivity index (χ3n) is 5.24. The van der Waals surface area contributed by atoms with E-state index in [2.05, 4.69) is 6.58 Å². The number of carbonyl (C=O) groups excluding carboxylic acids is 2. The van der Waals surface area contributed by atoms with E-state index in [1.165, 1.54) is 30.3 Å². The summed E-state index contributed by atoms with van der Waals surface area (Å²) < 4.78 is 90.1. The van der Waals surface area contributed by atoms with Crippen LogP contribution in [0.3, 0.4) is 0 Å². The topological polar surface area (TPSA) is 52.6 Å². The molecule has 0 fully saturated rings. The van der Waals surface area contributed by atoms with Crippen molar-refractivity contribution in [1.29, 1.82) is 0 Å². The quantitative estimate of drug-likeness (QED) is 0.104. The molecule has 12 heteroatoms. The Morgan fingerprint density at radius 2 is 1.23 bits per heavy atom. The third-order valence-corrected chi connectivity index (χ3v) is 10.1. The van der Waals surface area contributed by atoms with Gasteiger partial charge in [-0.05, 0) is 0 Å². The van der Waals surface area contributed by atoms with Gasteiger partial charge in [-0.25, -0.2) is 0 Å². The fourth-order valence-electron chi connectivity index (χ4n) is 3.37. The van der Waals surface area contributed by atoms with Gasteiger partial charge < -0.3 is 0 Å². The molecule has 0 radical (unpaired) electrons. The van der Waals surface area contributed by atoms with Crippen molar-refractivity contribution in [2.24, 2.45) is 5.41 Å². The average molecular weight is 686 g/mol. The number of esters is 2. The number of hydrogen-bond donors (Lipinski definition) is 0. The molecule has 0 amide bonds. The zero-order valence-electron chi connectivity index (χ0n) is 21.0. The number of allylic oxidation sites excluding steroid dienone is 2. The first-order valence-corrected chi connectivity index (χ1v) is 15.2. The molecule has 212 valence electrons. The number of benzene rings is 2. The molecule has 2 aromatic rings. The van der Waals surface area contributed by atoms with Crippen molar-refractivity contribution in [1.82, 2.24) is 0 Å². The number of rotatable bonds is 12. The molecule has 0 aliphatic rings. The average Bonchev–Trinajstić information content (AvgIpc) is 2.86. The van der Waals surface area contributed by atoms with Gasteiger partial charge in [-0.3, -0.25) is 0 Å². The maximum absolute atomic E-state index is 13.1. The Labute approximate surface area is 235 Å². The van der Waals surface area contributed by atoms with Crippen LogP contribution in [0.25, 0.3) is 0 Å². The Morgan fingerprint density at radius 1 is 0.795 bits per heavy atom. The van der Waals surface area contributed by atoms with Gasteiger partial charge >= 0.3 is 236 Å². The van der Waals surface area contributed by atoms with E-state index in [-0.39, 0.29) is 26.1 Å². The molecule has 0 saturated heterocycles. The predicted molar refractivity (Wildman–Crippen MR) is 137 cm³/mol. The molecule has 39 heavy (non-hydrogen) atoms. The molecule has 0 unspecified atom stereocenters. The van der Waals surface area contributed by atoms with E-state index in [9.17, 15) is 35.9 Å². The van der Waals surface area contributed by atoms with Crippen LogP contribution in [0.5, 0.6) is 0 Å². The van der Waals surface area contributed by atoms with E-state index in [0.717, 1.165) is 24.3 Å². The fourth-order valence-corrected chi connectivity index (χ4v) is 7.75. The molecule has 4 nitrogen and oxygen atoms in total. The Morgan fingerprint density at radius 3 is 1.62 bits per heavy atom. The van der Waals surface area contributed by atoms with Gasteiger partial charge in [0.25, 0.3) is 0 Å². The molecular formula is C27H26F6O4Se2. The maximum atomic E-state index is 13.1. The molecule has 0 aliphatic carbocycles. The predicted octanol–water partition coefficient (Wildman–Crippen LogP) is 5.00. The molecule has 0 saturated carbocycles. The van der Waals surface area contributed by atoms with Crippen molar-refractivity contribution in [2.45, 2.75) is 39.0 Å². The zero-order chi connectivity index (χ0) is 29.3. The zero-order valence-corrected chi connectivity index (χ0v) is 24.5. The van der Waals surface area contributed by atoms with Gasteiger partial charge in [0.15, 0.2) is 0 Å². The molecule has 0 aromatic heterocycles. The Balaban J connectivity index is 2.51. The van der Waals surface area contributed by atoms with E-state index in [0.29, 0.717) is 13.4 Å². The van der Waals surface area contributed by atoms with Crippen LogP contribution in [-0.4, -0.2) is 55.1 Å². The molecule has 0 heterocycles. The van der Waals surface area contributed by atoms with Crippen LogP contribution in [0.1, 0.15) is 37.8 Å². The van der Waals surface area contributed by atoms with Gasteiger partial charge in [0.2, 0.25) is 0 Å². The fraction of sp³-hybridized carbons (Fsp3) is 0.333. The van der Waals surface area contributed by atoms with Gasteiger partial charge in [-0.2, -0.15) is 0 Å². The summed E-state index contributed by atoms with van der Waals surface area (Å²) in [5, 5.41) is 0. The normalized spacial score (nSPS) is 12.7. The van der Waals surface area contributed by atoms with Crippen LogP contribution in [-0.2, 0) is 31.4 Å². The second-order valence-electron chi connectivity index (χ2n) is 8.04. The van der Waals surface area contributed by atoms with Gasteiger partial charge in [-0.1, -0.05) is 0 Å². The van der Waals surface area contributed by atoms with Gasteiger partial charge in [0.05, 0.1) is 0 Å². The number of halogens is 6. The third kappa shape index (κ3) is 9.27. The van der Waals surface area contributed by atoms with Crippen LogP contribution >= 0.6 is 0 Å².